The van der Waals surface area contributed by atoms with Gasteiger partial charge >= 0.3 is 0 Å². The maximum absolute atomic E-state index is 13.0. The average molecular weight is 329 g/mol. The van der Waals surface area contributed by atoms with Crippen LogP contribution in [0.1, 0.15) is 20.3 Å². The van der Waals surface area contributed by atoms with Crippen LogP contribution in [-0.2, 0) is 14.3 Å². The van der Waals surface area contributed by atoms with Crippen LogP contribution in [0.25, 0.3) is 11.0 Å². The van der Waals surface area contributed by atoms with Crippen LogP contribution in [0, 0.1) is 11.8 Å². The van der Waals surface area contributed by atoms with Crippen LogP contribution in [0.3, 0.4) is 0 Å². The van der Waals surface area contributed by atoms with E-state index < -0.39 is 29.1 Å². The maximum atomic E-state index is 13.0. The quantitative estimate of drug-likeness (QED) is 0.765. The Bertz CT molecular complexity index is 910. The molecule has 2 aromatic rings. The van der Waals surface area contributed by atoms with Crippen molar-refractivity contribution >= 4 is 28.5 Å². The highest BCUT2D eigenvalue weighted by molar-refractivity contribution is 6.23. The van der Waals surface area contributed by atoms with E-state index in [0.29, 0.717) is 23.1 Å². The van der Waals surface area contributed by atoms with Crippen molar-refractivity contribution in [2.75, 3.05) is 4.90 Å². The minimum atomic E-state index is -1.03. The third-order valence-electron chi connectivity index (χ3n) is 5.79. The molecule has 0 radical (unpaired) electrons. The Balaban J connectivity index is 1.63. The molecule has 0 saturated carbocycles. The molecule has 1 aromatic carbocycles. The lowest BCUT2D eigenvalue weighted by Gasteiger charge is -2.31. The molecular formula is C16H15N3O5. The second-order valence-electron chi connectivity index (χ2n) is 7.22. The van der Waals surface area contributed by atoms with E-state index >= 15 is 0 Å². The number of anilines is 1. The molecule has 0 aliphatic carbocycles. The van der Waals surface area contributed by atoms with Crippen LogP contribution in [0.15, 0.2) is 22.8 Å². The number of benzene rings is 1. The second-order valence-corrected chi connectivity index (χ2v) is 7.22. The van der Waals surface area contributed by atoms with E-state index in [9.17, 15) is 14.7 Å². The Kier molecular flexibility index (Phi) is 2.35. The molecular weight excluding hydrogens is 314 g/mol. The number of rotatable bonds is 1. The normalized spacial score (nSPS) is 40.8. The second kappa shape index (κ2) is 4.01. The van der Waals surface area contributed by atoms with Gasteiger partial charge in [-0.05, 0) is 42.4 Å². The van der Waals surface area contributed by atoms with Gasteiger partial charge in [-0.25, -0.2) is 9.53 Å². The zero-order chi connectivity index (χ0) is 16.9. The highest BCUT2D eigenvalue weighted by atomic mass is 16.6. The third kappa shape index (κ3) is 1.41. The Morgan fingerprint density at radius 2 is 1.88 bits per heavy atom. The largest absolute Gasteiger partial charge is 0.390 e. The van der Waals surface area contributed by atoms with Gasteiger partial charge in [0.15, 0.2) is 0 Å². The molecule has 1 N–H and O–H groups in total. The molecule has 5 atom stereocenters. The zero-order valence-corrected chi connectivity index (χ0v) is 13.1. The van der Waals surface area contributed by atoms with E-state index in [2.05, 4.69) is 14.9 Å². The topological polar surface area (TPSA) is 106 Å². The van der Waals surface area contributed by atoms with E-state index in [1.165, 1.54) is 4.90 Å². The van der Waals surface area contributed by atoms with Gasteiger partial charge in [-0.1, -0.05) is 0 Å². The first-order chi connectivity index (χ1) is 11.3. The monoisotopic (exact) mass is 329 g/mol. The first kappa shape index (κ1) is 14.1. The number of fused-ring (bicyclic) bond motifs is 6. The molecule has 2 amide bonds. The molecule has 1 aromatic heterocycles. The van der Waals surface area contributed by atoms with Gasteiger partial charge in [0, 0.05) is 6.42 Å². The lowest BCUT2D eigenvalue weighted by atomic mass is 9.67. The van der Waals surface area contributed by atoms with Crippen LogP contribution in [0.2, 0.25) is 0 Å². The number of carbonyl (C=O) groups excluding carboxylic acids is 2. The van der Waals surface area contributed by atoms with Gasteiger partial charge < -0.3 is 9.84 Å². The van der Waals surface area contributed by atoms with Gasteiger partial charge in [0.05, 0.1) is 29.2 Å². The van der Waals surface area contributed by atoms with Crippen LogP contribution in [-0.4, -0.2) is 44.5 Å². The van der Waals surface area contributed by atoms with Gasteiger partial charge in [-0.15, -0.1) is 0 Å². The predicted octanol–water partition coefficient (Wildman–Crippen LogP) is 0.641. The fraction of sp³-hybridized carbons (Fsp3) is 0.500. The van der Waals surface area contributed by atoms with Crippen molar-refractivity contribution in [2.45, 2.75) is 37.6 Å². The fourth-order valence-corrected chi connectivity index (χ4v) is 4.69. The van der Waals surface area contributed by atoms with E-state index in [4.69, 9.17) is 4.74 Å². The number of aliphatic hydroxyl groups is 1. The molecule has 8 heteroatoms. The number of imide groups is 1. The summed E-state index contributed by atoms with van der Waals surface area (Å²) in [4.78, 5) is 27.2. The van der Waals surface area contributed by atoms with Crippen LogP contribution >= 0.6 is 0 Å². The summed E-state index contributed by atoms with van der Waals surface area (Å²) in [6.45, 7) is 3.51. The number of aromatic nitrogens is 2. The number of ether oxygens (including phenoxy) is 1. The molecule has 24 heavy (non-hydrogen) atoms. The highest BCUT2D eigenvalue weighted by Crippen LogP contribution is 2.60. The van der Waals surface area contributed by atoms with Crippen LogP contribution in [0.4, 0.5) is 5.69 Å². The van der Waals surface area contributed by atoms with Gasteiger partial charge in [-0.3, -0.25) is 9.59 Å². The van der Waals surface area contributed by atoms with Crippen molar-refractivity contribution in [1.29, 1.82) is 0 Å². The van der Waals surface area contributed by atoms with Crippen molar-refractivity contribution in [3.05, 3.63) is 18.2 Å². The van der Waals surface area contributed by atoms with Crippen molar-refractivity contribution in [1.82, 2.24) is 10.3 Å². The zero-order valence-electron chi connectivity index (χ0n) is 13.1. The molecule has 3 saturated heterocycles. The average Bonchev–Trinajstić information content (AvgIpc) is 3.19. The molecule has 3 aliphatic rings. The van der Waals surface area contributed by atoms with Crippen LogP contribution < -0.4 is 4.90 Å². The minimum absolute atomic E-state index is 0.293. The Hall–Kier alpha value is -2.32. The van der Waals surface area contributed by atoms with Crippen molar-refractivity contribution < 1.29 is 24.1 Å². The number of carbonyl (C=O) groups is 2. The molecule has 0 spiro atoms. The maximum Gasteiger partial charge on any atom is 0.240 e. The van der Waals surface area contributed by atoms with Crippen molar-refractivity contribution in [3.8, 4) is 0 Å². The Morgan fingerprint density at radius 1 is 1.17 bits per heavy atom. The van der Waals surface area contributed by atoms with E-state index in [-0.39, 0.29) is 11.8 Å². The first-order valence-electron chi connectivity index (χ1n) is 7.83. The summed E-state index contributed by atoms with van der Waals surface area (Å²) in [5, 5.41) is 17.8. The molecule has 3 fully saturated rings. The number of nitrogens with zero attached hydrogens (tertiary/aromatic N) is 3. The summed E-state index contributed by atoms with van der Waals surface area (Å²) >= 11 is 0. The molecule has 2 bridgehead atoms. The summed E-state index contributed by atoms with van der Waals surface area (Å²) in [5.74, 6) is -1.89. The number of hydrogen-bond acceptors (Lipinski definition) is 7. The third-order valence-corrected chi connectivity index (χ3v) is 5.79. The lowest BCUT2D eigenvalue weighted by molar-refractivity contribution is -0.132. The number of aliphatic hydroxyl groups excluding tert-OH is 1. The summed E-state index contributed by atoms with van der Waals surface area (Å²) in [7, 11) is 0. The number of hydrogen-bond donors (Lipinski definition) is 1. The lowest BCUT2D eigenvalue weighted by Crippen LogP contribution is -2.49. The summed E-state index contributed by atoms with van der Waals surface area (Å²) < 4.78 is 10.6. The van der Waals surface area contributed by atoms with Crippen molar-refractivity contribution in [2.24, 2.45) is 11.8 Å². The molecule has 4 heterocycles. The summed E-state index contributed by atoms with van der Waals surface area (Å²) in [5.41, 5.74) is -0.387. The smallest absolute Gasteiger partial charge is 0.240 e. The van der Waals surface area contributed by atoms with E-state index in [1.54, 1.807) is 32.0 Å². The summed E-state index contributed by atoms with van der Waals surface area (Å²) in [6, 6.07) is 4.90. The van der Waals surface area contributed by atoms with Crippen LogP contribution in [0.5, 0.6) is 0 Å². The first-order valence-corrected chi connectivity index (χ1v) is 7.83. The molecule has 8 nitrogen and oxygen atoms in total. The molecule has 5 rings (SSSR count). The van der Waals surface area contributed by atoms with Gasteiger partial charge in [0.1, 0.15) is 16.6 Å². The Labute approximate surface area is 136 Å². The van der Waals surface area contributed by atoms with Gasteiger partial charge in [0.2, 0.25) is 11.8 Å². The van der Waals surface area contributed by atoms with E-state index in [0.717, 1.165) is 0 Å². The fourth-order valence-electron chi connectivity index (χ4n) is 4.69. The summed E-state index contributed by atoms with van der Waals surface area (Å²) in [6.07, 6.45) is -0.410. The van der Waals surface area contributed by atoms with Gasteiger partial charge in [0.25, 0.3) is 0 Å². The molecule has 0 unspecified atom stereocenters. The Morgan fingerprint density at radius 3 is 2.67 bits per heavy atom. The SMILES string of the molecule is C[C@@]12O[C@@](C)(C[C@H]1O)[C@@H]1C(=O)N(c3ccc4nonc4c3)C(=O)[C@@H]12. The highest BCUT2D eigenvalue weighted by Gasteiger charge is 2.75. The van der Waals surface area contributed by atoms with Gasteiger partial charge in [-0.2, -0.15) is 0 Å². The predicted molar refractivity (Wildman–Crippen MR) is 79.8 cm³/mol. The van der Waals surface area contributed by atoms with E-state index in [1.807, 2.05) is 0 Å². The molecule has 3 aliphatic heterocycles. The molecule has 124 valence electrons. The van der Waals surface area contributed by atoms with Crippen molar-refractivity contribution in [3.63, 3.8) is 0 Å². The standard InChI is InChI=1S/C16H15N3O5/c1-15-6-10(20)16(2,23-15)12-11(15)13(21)19(14(12)22)7-3-4-8-9(5-7)18-24-17-8/h3-5,10-12,20H,6H2,1-2H3/t10-,11+,12-,15+,16-/m1/s1. The number of amides is 2. The minimum Gasteiger partial charge on any atom is -0.390 e.